The fraction of sp³-hybridized carbons (Fsp3) is 0.333. The molecule has 0 amide bonds. The van der Waals surface area contributed by atoms with E-state index in [1.54, 1.807) is 18.2 Å². The summed E-state index contributed by atoms with van der Waals surface area (Å²) in [6.07, 6.45) is -2.46. The van der Waals surface area contributed by atoms with Crippen LogP contribution in [0.4, 0.5) is 8.78 Å². The van der Waals surface area contributed by atoms with Gasteiger partial charge in [0.2, 0.25) is 6.43 Å². The van der Waals surface area contributed by atoms with E-state index < -0.39 is 12.3 Å². The number of benzene rings is 1. The average Bonchev–Trinajstić information content (AvgIpc) is 2.09. The summed E-state index contributed by atoms with van der Waals surface area (Å²) in [7, 11) is 0. The molecule has 1 unspecified atom stereocenters. The molecule has 1 nitrogen and oxygen atoms in total. The fourth-order valence-corrected chi connectivity index (χ4v) is 2.14. The Hall–Kier alpha value is -0.190. The van der Waals surface area contributed by atoms with Crippen molar-refractivity contribution in [3.8, 4) is 0 Å². The molecule has 0 fully saturated rings. The predicted octanol–water partition coefficient (Wildman–Crippen LogP) is 3.41. The molecule has 0 saturated heterocycles. The van der Waals surface area contributed by atoms with Crippen LogP contribution in [0.1, 0.15) is 11.5 Å². The maximum absolute atomic E-state index is 12.5. The second-order valence-corrected chi connectivity index (χ2v) is 4.13. The Labute approximate surface area is 94.4 Å². The minimum Gasteiger partial charge on any atom is -0.330 e. The SMILES string of the molecule is NCC(c1ccc(Cl)cc1Br)C(F)F. The zero-order valence-corrected chi connectivity index (χ0v) is 9.52. The van der Waals surface area contributed by atoms with Crippen molar-refractivity contribution < 1.29 is 8.78 Å². The summed E-state index contributed by atoms with van der Waals surface area (Å²) in [5, 5.41) is 0.505. The maximum atomic E-state index is 12.5. The normalized spacial score (nSPS) is 13.3. The van der Waals surface area contributed by atoms with Crippen LogP contribution in [0.15, 0.2) is 22.7 Å². The Bertz CT molecular complexity index is 320. The molecule has 0 aliphatic carbocycles. The van der Waals surface area contributed by atoms with E-state index in [0.29, 0.717) is 15.1 Å². The molecule has 1 rings (SSSR count). The number of alkyl halides is 2. The Morgan fingerprint density at radius 3 is 2.50 bits per heavy atom. The highest BCUT2D eigenvalue weighted by molar-refractivity contribution is 9.10. The lowest BCUT2D eigenvalue weighted by atomic mass is 10.00. The van der Waals surface area contributed by atoms with Crippen LogP contribution in [0.2, 0.25) is 5.02 Å². The zero-order valence-electron chi connectivity index (χ0n) is 7.18. The molecular formula is C9H9BrClF2N. The summed E-state index contributed by atoms with van der Waals surface area (Å²) in [5.41, 5.74) is 5.77. The molecular weight excluding hydrogens is 275 g/mol. The number of hydrogen-bond acceptors (Lipinski definition) is 1. The fourth-order valence-electron chi connectivity index (χ4n) is 1.17. The molecule has 1 aromatic rings. The molecule has 0 aliphatic heterocycles. The van der Waals surface area contributed by atoms with Gasteiger partial charge in [-0.2, -0.15) is 0 Å². The zero-order chi connectivity index (χ0) is 10.7. The molecule has 0 bridgehead atoms. The summed E-state index contributed by atoms with van der Waals surface area (Å²) in [6.45, 7) is -0.0854. The van der Waals surface area contributed by atoms with Gasteiger partial charge in [-0.25, -0.2) is 8.78 Å². The first-order chi connectivity index (χ1) is 6.56. The van der Waals surface area contributed by atoms with E-state index in [-0.39, 0.29) is 6.54 Å². The van der Waals surface area contributed by atoms with Crippen LogP contribution < -0.4 is 5.73 Å². The number of halogens is 4. The van der Waals surface area contributed by atoms with Gasteiger partial charge in [0.1, 0.15) is 0 Å². The Kier molecular flexibility index (Phi) is 4.29. The van der Waals surface area contributed by atoms with E-state index in [1.165, 1.54) is 0 Å². The van der Waals surface area contributed by atoms with Crippen molar-refractivity contribution in [2.24, 2.45) is 5.73 Å². The van der Waals surface area contributed by atoms with Crippen LogP contribution in [-0.2, 0) is 0 Å². The highest BCUT2D eigenvalue weighted by atomic mass is 79.9. The van der Waals surface area contributed by atoms with Crippen LogP contribution in [0, 0.1) is 0 Å². The molecule has 0 aliphatic rings. The average molecular weight is 285 g/mol. The van der Waals surface area contributed by atoms with Crippen molar-refractivity contribution in [1.82, 2.24) is 0 Å². The van der Waals surface area contributed by atoms with E-state index in [9.17, 15) is 8.78 Å². The lowest BCUT2D eigenvalue weighted by Gasteiger charge is -2.15. The van der Waals surface area contributed by atoms with Crippen molar-refractivity contribution in [3.05, 3.63) is 33.3 Å². The molecule has 0 aromatic heterocycles. The van der Waals surface area contributed by atoms with Crippen molar-refractivity contribution >= 4 is 27.5 Å². The van der Waals surface area contributed by atoms with Crippen LogP contribution in [0.3, 0.4) is 0 Å². The lowest BCUT2D eigenvalue weighted by Crippen LogP contribution is -2.20. The first-order valence-electron chi connectivity index (χ1n) is 3.99. The van der Waals surface area contributed by atoms with E-state index in [4.69, 9.17) is 17.3 Å². The Balaban J connectivity index is 3.04. The van der Waals surface area contributed by atoms with Gasteiger partial charge in [0.25, 0.3) is 0 Å². The molecule has 1 aromatic carbocycles. The number of rotatable bonds is 3. The molecule has 14 heavy (non-hydrogen) atoms. The maximum Gasteiger partial charge on any atom is 0.246 e. The lowest BCUT2D eigenvalue weighted by molar-refractivity contribution is 0.117. The van der Waals surface area contributed by atoms with E-state index >= 15 is 0 Å². The minimum atomic E-state index is -2.46. The monoisotopic (exact) mass is 283 g/mol. The number of nitrogens with two attached hydrogens (primary N) is 1. The van der Waals surface area contributed by atoms with Gasteiger partial charge >= 0.3 is 0 Å². The third-order valence-electron chi connectivity index (χ3n) is 1.92. The van der Waals surface area contributed by atoms with E-state index in [0.717, 1.165) is 0 Å². The van der Waals surface area contributed by atoms with Crippen LogP contribution in [0.25, 0.3) is 0 Å². The van der Waals surface area contributed by atoms with Gasteiger partial charge in [-0.3, -0.25) is 0 Å². The molecule has 78 valence electrons. The van der Waals surface area contributed by atoms with Gasteiger partial charge < -0.3 is 5.73 Å². The van der Waals surface area contributed by atoms with Gasteiger partial charge in [-0.1, -0.05) is 33.6 Å². The molecule has 2 N–H and O–H groups in total. The van der Waals surface area contributed by atoms with Gasteiger partial charge in [0.15, 0.2) is 0 Å². The van der Waals surface area contributed by atoms with Crippen molar-refractivity contribution in [2.45, 2.75) is 12.3 Å². The summed E-state index contributed by atoms with van der Waals surface area (Å²) < 4.78 is 25.6. The van der Waals surface area contributed by atoms with Crippen LogP contribution in [0.5, 0.6) is 0 Å². The smallest absolute Gasteiger partial charge is 0.246 e. The Morgan fingerprint density at radius 2 is 2.07 bits per heavy atom. The van der Waals surface area contributed by atoms with Crippen LogP contribution in [-0.4, -0.2) is 13.0 Å². The topological polar surface area (TPSA) is 26.0 Å². The van der Waals surface area contributed by atoms with Crippen LogP contribution >= 0.6 is 27.5 Å². The highest BCUT2D eigenvalue weighted by Gasteiger charge is 2.22. The first kappa shape index (κ1) is 11.9. The third kappa shape index (κ3) is 2.65. The largest absolute Gasteiger partial charge is 0.330 e. The molecule has 5 heteroatoms. The molecule has 0 saturated carbocycles. The van der Waals surface area contributed by atoms with Gasteiger partial charge in [-0.15, -0.1) is 0 Å². The second kappa shape index (κ2) is 5.05. The third-order valence-corrected chi connectivity index (χ3v) is 2.84. The van der Waals surface area contributed by atoms with E-state index in [1.807, 2.05) is 0 Å². The minimum absolute atomic E-state index is 0.0854. The van der Waals surface area contributed by atoms with Gasteiger partial charge in [0.05, 0.1) is 5.92 Å². The summed E-state index contributed by atoms with van der Waals surface area (Å²) in [5.74, 6) is -0.943. The van der Waals surface area contributed by atoms with Gasteiger partial charge in [0, 0.05) is 16.0 Å². The number of hydrogen-bond donors (Lipinski definition) is 1. The van der Waals surface area contributed by atoms with Crippen molar-refractivity contribution in [3.63, 3.8) is 0 Å². The van der Waals surface area contributed by atoms with Crippen molar-refractivity contribution in [1.29, 1.82) is 0 Å². The van der Waals surface area contributed by atoms with Gasteiger partial charge in [-0.05, 0) is 17.7 Å². The predicted molar refractivity (Wildman–Crippen MR) is 57.0 cm³/mol. The summed E-state index contributed by atoms with van der Waals surface area (Å²) in [6, 6.07) is 4.73. The quantitative estimate of drug-likeness (QED) is 0.904. The molecule has 0 spiro atoms. The van der Waals surface area contributed by atoms with Crippen molar-refractivity contribution in [2.75, 3.05) is 6.54 Å². The summed E-state index contributed by atoms with van der Waals surface area (Å²) >= 11 is 8.88. The molecule has 1 atom stereocenters. The Morgan fingerprint density at radius 1 is 1.43 bits per heavy atom. The van der Waals surface area contributed by atoms with E-state index in [2.05, 4.69) is 15.9 Å². The highest BCUT2D eigenvalue weighted by Crippen LogP contribution is 2.30. The summed E-state index contributed by atoms with van der Waals surface area (Å²) in [4.78, 5) is 0. The standard InChI is InChI=1S/C9H9BrClF2N/c10-8-3-5(11)1-2-6(8)7(4-14)9(12)13/h1-3,7,9H,4,14H2. The molecule has 0 radical (unpaired) electrons. The second-order valence-electron chi connectivity index (χ2n) is 2.84. The molecule has 0 heterocycles. The first-order valence-corrected chi connectivity index (χ1v) is 5.16.